The van der Waals surface area contributed by atoms with Gasteiger partial charge in [0.25, 0.3) is 0 Å². The van der Waals surface area contributed by atoms with Crippen molar-refractivity contribution in [2.75, 3.05) is 0 Å². The van der Waals surface area contributed by atoms with Gasteiger partial charge in [0.15, 0.2) is 0 Å². The first-order valence-electron chi connectivity index (χ1n) is 21.6. The lowest BCUT2D eigenvalue weighted by Gasteiger charge is -2.18. The normalized spacial score (nSPS) is 15.7. The molecule has 218 valence electrons. The standard InChI is InChI=1S/C46H28O/c1-2-11-30-24-34(21-20-29(30)10-1)31-14-9-15-35(25-31)45-37-16-5-7-18-39(37)46(40-19-8-6-17-38(40)45)36-22-23-43-41(27-36)42-26-32-12-3-4-13-33(32)28-44(42)47-43/h1-28H/i3D,4D,9D,12D,13D,14D,15D,22D,23D,25D,26D,27D,28D. The molecule has 10 aromatic rings. The minimum Gasteiger partial charge on any atom is -0.456 e. The molecule has 1 nitrogen and oxygen atoms in total. The molecular weight excluding hydrogens is 569 g/mol. The van der Waals surface area contributed by atoms with Gasteiger partial charge < -0.3 is 4.42 Å². The van der Waals surface area contributed by atoms with Crippen molar-refractivity contribution in [2.24, 2.45) is 0 Å². The van der Waals surface area contributed by atoms with Crippen LogP contribution in [-0.2, 0) is 0 Å². The van der Waals surface area contributed by atoms with Crippen molar-refractivity contribution < 1.29 is 22.2 Å². The molecule has 0 aliphatic heterocycles. The zero-order valence-electron chi connectivity index (χ0n) is 37.6. The third-order valence-corrected chi connectivity index (χ3v) is 8.73. The predicted molar refractivity (Wildman–Crippen MR) is 200 cm³/mol. The van der Waals surface area contributed by atoms with Crippen molar-refractivity contribution in [1.29, 1.82) is 0 Å². The fourth-order valence-corrected chi connectivity index (χ4v) is 6.61. The summed E-state index contributed by atoms with van der Waals surface area (Å²) >= 11 is 0. The predicted octanol–water partition coefficient (Wildman–Crippen LogP) is 13.2. The zero-order chi connectivity index (χ0) is 42.2. The highest BCUT2D eigenvalue weighted by Gasteiger charge is 2.18. The molecule has 0 amide bonds. The monoisotopic (exact) mass is 609 g/mol. The molecular formula is C46H28O. The van der Waals surface area contributed by atoms with Crippen LogP contribution in [0.3, 0.4) is 0 Å². The summed E-state index contributed by atoms with van der Waals surface area (Å²) in [5, 5.41) is 3.30. The molecule has 9 aromatic carbocycles. The van der Waals surface area contributed by atoms with Gasteiger partial charge in [-0.05, 0) is 113 Å². The summed E-state index contributed by atoms with van der Waals surface area (Å²) in [5.74, 6) is 0. The molecule has 0 radical (unpaired) electrons. The highest BCUT2D eigenvalue weighted by molar-refractivity contribution is 6.22. The molecule has 47 heavy (non-hydrogen) atoms. The topological polar surface area (TPSA) is 13.1 Å². The Morgan fingerprint density at radius 2 is 0.957 bits per heavy atom. The van der Waals surface area contributed by atoms with E-state index in [1.165, 1.54) is 0 Å². The second-order valence-corrected chi connectivity index (χ2v) is 11.4. The zero-order valence-corrected chi connectivity index (χ0v) is 24.6. The Balaban J connectivity index is 1.33. The quantitative estimate of drug-likeness (QED) is 0.182. The third-order valence-electron chi connectivity index (χ3n) is 8.73. The van der Waals surface area contributed by atoms with Crippen LogP contribution >= 0.6 is 0 Å². The average molecular weight is 610 g/mol. The van der Waals surface area contributed by atoms with Crippen LogP contribution in [0.2, 0.25) is 0 Å². The first kappa shape index (κ1) is 16.4. The first-order chi connectivity index (χ1) is 28.7. The van der Waals surface area contributed by atoms with Gasteiger partial charge in [-0.3, -0.25) is 0 Å². The summed E-state index contributed by atoms with van der Waals surface area (Å²) < 4.78 is 123. The van der Waals surface area contributed by atoms with Gasteiger partial charge in [-0.15, -0.1) is 0 Å². The molecule has 1 heteroatoms. The third kappa shape index (κ3) is 4.10. The molecule has 1 heterocycles. The minimum atomic E-state index is -0.585. The lowest BCUT2D eigenvalue weighted by atomic mass is 9.85. The van der Waals surface area contributed by atoms with Gasteiger partial charge in [0, 0.05) is 10.8 Å². The molecule has 0 saturated heterocycles. The van der Waals surface area contributed by atoms with Crippen molar-refractivity contribution >= 4 is 65.0 Å². The average Bonchev–Trinajstić information content (AvgIpc) is 3.67. The smallest absolute Gasteiger partial charge is 0.136 e. The van der Waals surface area contributed by atoms with Gasteiger partial charge in [0.2, 0.25) is 0 Å². The molecule has 0 fully saturated rings. The van der Waals surface area contributed by atoms with E-state index in [4.69, 9.17) is 14.0 Å². The maximum atomic E-state index is 9.77. The van der Waals surface area contributed by atoms with E-state index in [0.29, 0.717) is 38.2 Å². The summed E-state index contributed by atoms with van der Waals surface area (Å²) in [5.41, 5.74) is 1.23. The number of furan rings is 1. The van der Waals surface area contributed by atoms with E-state index >= 15 is 0 Å². The largest absolute Gasteiger partial charge is 0.456 e. The molecule has 0 unspecified atom stereocenters. The van der Waals surface area contributed by atoms with Crippen LogP contribution < -0.4 is 0 Å². The number of hydrogen-bond acceptors (Lipinski definition) is 1. The summed E-state index contributed by atoms with van der Waals surface area (Å²) in [6.45, 7) is 0. The second-order valence-electron chi connectivity index (χ2n) is 11.4. The Hall–Kier alpha value is -6.18. The Labute approximate surface area is 290 Å². The van der Waals surface area contributed by atoms with Crippen LogP contribution in [0.5, 0.6) is 0 Å². The maximum absolute atomic E-state index is 9.77. The highest BCUT2D eigenvalue weighted by Crippen LogP contribution is 2.45. The van der Waals surface area contributed by atoms with E-state index in [-0.39, 0.29) is 85.7 Å². The molecule has 0 aliphatic carbocycles. The van der Waals surface area contributed by atoms with Gasteiger partial charge in [-0.1, -0.05) is 133 Å². The Bertz CT molecular complexity index is 3540. The highest BCUT2D eigenvalue weighted by atomic mass is 16.3. The van der Waals surface area contributed by atoms with Crippen LogP contribution in [0.4, 0.5) is 0 Å². The molecule has 0 N–H and O–H groups in total. The SMILES string of the molecule is [2H]c1c([2H])c(-c2ccc3ccccc3c2)c([2H])c(-c2c3ccccc3c(-c3c([2H])c([2H])c4oc5c([2H])c6c([2H])c([2H])c([2H])c([2H])c6c([2H])c5c4c3[2H])c3ccccc23)c1[2H]. The number of fused-ring (bicyclic) bond motifs is 7. The molecule has 1 aromatic heterocycles. The van der Waals surface area contributed by atoms with Crippen LogP contribution in [-0.4, -0.2) is 0 Å². The van der Waals surface area contributed by atoms with Crippen molar-refractivity contribution in [2.45, 2.75) is 0 Å². The second kappa shape index (κ2) is 10.2. The lowest BCUT2D eigenvalue weighted by Crippen LogP contribution is -1.91. The van der Waals surface area contributed by atoms with Crippen molar-refractivity contribution in [3.05, 3.63) is 170 Å². The van der Waals surface area contributed by atoms with Crippen LogP contribution in [0.25, 0.3) is 98.4 Å². The van der Waals surface area contributed by atoms with E-state index in [1.807, 2.05) is 42.5 Å². The fraction of sp³-hybridized carbons (Fsp3) is 0. The molecule has 0 saturated carbocycles. The summed E-state index contributed by atoms with van der Waals surface area (Å²) in [6.07, 6.45) is 0. The van der Waals surface area contributed by atoms with Crippen LogP contribution in [0.1, 0.15) is 17.8 Å². The van der Waals surface area contributed by atoms with Gasteiger partial charge in [0.1, 0.15) is 11.2 Å². The Morgan fingerprint density at radius 1 is 0.362 bits per heavy atom. The fourth-order valence-electron chi connectivity index (χ4n) is 6.61. The van der Waals surface area contributed by atoms with E-state index in [2.05, 4.69) is 0 Å². The van der Waals surface area contributed by atoms with Crippen LogP contribution in [0, 0.1) is 0 Å². The lowest BCUT2D eigenvalue weighted by molar-refractivity contribution is 0.669. The Kier molecular flexibility index (Phi) is 3.55. The van der Waals surface area contributed by atoms with Gasteiger partial charge in [-0.25, -0.2) is 0 Å². The van der Waals surface area contributed by atoms with Crippen molar-refractivity contribution in [3.8, 4) is 33.4 Å². The summed E-state index contributed by atoms with van der Waals surface area (Å²) in [6, 6.07) is 22.4. The molecule has 0 aliphatic rings. The molecule has 10 rings (SSSR count). The first-order valence-corrected chi connectivity index (χ1v) is 15.1. The van der Waals surface area contributed by atoms with Gasteiger partial charge in [0.05, 0.1) is 17.8 Å². The van der Waals surface area contributed by atoms with E-state index < -0.39 is 42.3 Å². The van der Waals surface area contributed by atoms with Gasteiger partial charge >= 0.3 is 0 Å². The van der Waals surface area contributed by atoms with Crippen LogP contribution in [0.15, 0.2) is 174 Å². The maximum Gasteiger partial charge on any atom is 0.136 e. The number of benzene rings is 9. The summed E-state index contributed by atoms with van der Waals surface area (Å²) in [7, 11) is 0. The van der Waals surface area contributed by atoms with E-state index in [9.17, 15) is 8.22 Å². The molecule has 0 atom stereocenters. The van der Waals surface area contributed by atoms with E-state index in [0.717, 1.165) is 10.8 Å². The minimum absolute atomic E-state index is 0.00637. The Morgan fingerprint density at radius 3 is 1.68 bits per heavy atom. The molecule has 0 spiro atoms. The van der Waals surface area contributed by atoms with E-state index in [1.54, 1.807) is 48.5 Å². The molecule has 0 bridgehead atoms. The number of hydrogen-bond donors (Lipinski definition) is 0. The van der Waals surface area contributed by atoms with Crippen molar-refractivity contribution in [3.63, 3.8) is 0 Å². The summed E-state index contributed by atoms with van der Waals surface area (Å²) in [4.78, 5) is 0. The number of rotatable bonds is 3. The van der Waals surface area contributed by atoms with Gasteiger partial charge in [-0.2, -0.15) is 0 Å². The van der Waals surface area contributed by atoms with Crippen molar-refractivity contribution in [1.82, 2.24) is 0 Å².